The normalized spacial score (nSPS) is 11.2. The standard InChI is InChI=1S/C22H31N5O2/c1-4-23-22(24-14-6-8-16-27-15-7-5-9-20(27)28)25-17-18-10-12-19(13-11-18)21(29)26(2)3/h5,7,9-13,15H,4,6,8,14,16-17H2,1-3H3,(H2,23,24,25). The van der Waals surface area contributed by atoms with Crippen LogP contribution in [0.25, 0.3) is 0 Å². The third-order valence-corrected chi connectivity index (χ3v) is 4.39. The third kappa shape index (κ3) is 7.44. The van der Waals surface area contributed by atoms with E-state index >= 15 is 0 Å². The van der Waals surface area contributed by atoms with Gasteiger partial charge in [0.1, 0.15) is 0 Å². The molecule has 0 fully saturated rings. The first-order chi connectivity index (χ1) is 14.0. The number of aliphatic imine (C=N–C) groups is 1. The molecule has 29 heavy (non-hydrogen) atoms. The fraction of sp³-hybridized carbons (Fsp3) is 0.409. The van der Waals surface area contributed by atoms with Crippen LogP contribution < -0.4 is 16.2 Å². The Morgan fingerprint density at radius 1 is 1.07 bits per heavy atom. The fourth-order valence-corrected chi connectivity index (χ4v) is 2.78. The second-order valence-corrected chi connectivity index (χ2v) is 6.96. The van der Waals surface area contributed by atoms with Gasteiger partial charge in [0, 0.05) is 51.6 Å². The number of carbonyl (C=O) groups excluding carboxylic acids is 1. The molecule has 1 heterocycles. The number of aryl methyl sites for hydroxylation is 1. The minimum atomic E-state index is -0.00665. The van der Waals surface area contributed by atoms with E-state index in [-0.39, 0.29) is 11.5 Å². The van der Waals surface area contributed by atoms with Gasteiger partial charge in [-0.15, -0.1) is 0 Å². The number of unbranched alkanes of at least 4 members (excludes halogenated alkanes) is 1. The molecule has 1 aromatic heterocycles. The lowest BCUT2D eigenvalue weighted by Gasteiger charge is -2.12. The second-order valence-electron chi connectivity index (χ2n) is 6.96. The smallest absolute Gasteiger partial charge is 0.253 e. The number of amides is 1. The summed E-state index contributed by atoms with van der Waals surface area (Å²) in [6.45, 7) is 4.84. The third-order valence-electron chi connectivity index (χ3n) is 4.39. The van der Waals surface area contributed by atoms with E-state index in [0.717, 1.165) is 37.5 Å². The highest BCUT2D eigenvalue weighted by molar-refractivity contribution is 5.93. The van der Waals surface area contributed by atoms with Crippen molar-refractivity contribution in [2.75, 3.05) is 27.2 Å². The van der Waals surface area contributed by atoms with Crippen molar-refractivity contribution in [1.82, 2.24) is 20.1 Å². The molecule has 0 bridgehead atoms. The number of benzene rings is 1. The quantitative estimate of drug-likeness (QED) is 0.386. The topological polar surface area (TPSA) is 78.7 Å². The second kappa shape index (κ2) is 11.7. The zero-order valence-corrected chi connectivity index (χ0v) is 17.5. The van der Waals surface area contributed by atoms with Gasteiger partial charge in [-0.25, -0.2) is 4.99 Å². The van der Waals surface area contributed by atoms with Crippen LogP contribution in [0.3, 0.4) is 0 Å². The lowest BCUT2D eigenvalue weighted by Crippen LogP contribution is -2.37. The number of rotatable bonds is 9. The SMILES string of the molecule is CCNC(=NCc1ccc(C(=O)N(C)C)cc1)NCCCCn1ccccc1=O. The molecule has 0 aliphatic carbocycles. The van der Waals surface area contributed by atoms with Crippen molar-refractivity contribution in [3.8, 4) is 0 Å². The van der Waals surface area contributed by atoms with Crippen LogP contribution in [0, 0.1) is 0 Å². The van der Waals surface area contributed by atoms with Crippen LogP contribution in [-0.4, -0.2) is 48.5 Å². The van der Waals surface area contributed by atoms with Crippen molar-refractivity contribution in [3.63, 3.8) is 0 Å². The molecule has 7 heteroatoms. The van der Waals surface area contributed by atoms with Gasteiger partial charge in [-0.3, -0.25) is 9.59 Å². The number of aromatic nitrogens is 1. The molecule has 2 aromatic rings. The maximum atomic E-state index is 11.9. The Hall–Kier alpha value is -3.09. The van der Waals surface area contributed by atoms with Crippen LogP contribution in [0.5, 0.6) is 0 Å². The summed E-state index contributed by atoms with van der Waals surface area (Å²) in [6.07, 6.45) is 3.67. The largest absolute Gasteiger partial charge is 0.357 e. The van der Waals surface area contributed by atoms with Crippen molar-refractivity contribution >= 4 is 11.9 Å². The highest BCUT2D eigenvalue weighted by atomic mass is 16.2. The van der Waals surface area contributed by atoms with Gasteiger partial charge < -0.3 is 20.1 Å². The van der Waals surface area contributed by atoms with E-state index in [1.165, 1.54) is 0 Å². The minimum Gasteiger partial charge on any atom is -0.357 e. The Balaban J connectivity index is 1.80. The molecule has 156 valence electrons. The number of hydrogen-bond donors (Lipinski definition) is 2. The summed E-state index contributed by atoms with van der Waals surface area (Å²) in [7, 11) is 3.49. The maximum absolute atomic E-state index is 11.9. The molecule has 0 unspecified atom stereocenters. The number of pyridine rings is 1. The predicted octanol–water partition coefficient (Wildman–Crippen LogP) is 2.09. The van der Waals surface area contributed by atoms with Crippen molar-refractivity contribution in [3.05, 3.63) is 70.1 Å². The summed E-state index contributed by atoms with van der Waals surface area (Å²) >= 11 is 0. The molecule has 7 nitrogen and oxygen atoms in total. The van der Waals surface area contributed by atoms with E-state index in [2.05, 4.69) is 15.6 Å². The molecular weight excluding hydrogens is 366 g/mol. The summed E-state index contributed by atoms with van der Waals surface area (Å²) in [5, 5.41) is 6.57. The van der Waals surface area contributed by atoms with E-state index < -0.39 is 0 Å². The van der Waals surface area contributed by atoms with E-state index in [1.807, 2.05) is 43.5 Å². The van der Waals surface area contributed by atoms with Crippen LogP contribution in [0.1, 0.15) is 35.7 Å². The molecule has 0 saturated heterocycles. The number of hydrogen-bond acceptors (Lipinski definition) is 3. The maximum Gasteiger partial charge on any atom is 0.253 e. The Morgan fingerprint density at radius 3 is 2.48 bits per heavy atom. The molecule has 0 aliphatic rings. The Kier molecular flexibility index (Phi) is 8.95. The summed E-state index contributed by atoms with van der Waals surface area (Å²) in [5.41, 5.74) is 1.75. The Labute approximate surface area is 172 Å². The summed E-state index contributed by atoms with van der Waals surface area (Å²) in [5.74, 6) is 0.755. The van der Waals surface area contributed by atoms with E-state index in [1.54, 1.807) is 35.7 Å². The summed E-state index contributed by atoms with van der Waals surface area (Å²) in [4.78, 5) is 29.8. The van der Waals surface area contributed by atoms with Crippen molar-refractivity contribution in [2.24, 2.45) is 4.99 Å². The summed E-state index contributed by atoms with van der Waals surface area (Å²) < 4.78 is 1.73. The molecular formula is C22H31N5O2. The van der Waals surface area contributed by atoms with Gasteiger partial charge in [0.15, 0.2) is 5.96 Å². The van der Waals surface area contributed by atoms with E-state index in [9.17, 15) is 9.59 Å². The molecule has 0 spiro atoms. The predicted molar refractivity (Wildman–Crippen MR) is 117 cm³/mol. The van der Waals surface area contributed by atoms with Gasteiger partial charge in [-0.1, -0.05) is 18.2 Å². The molecule has 1 aromatic carbocycles. The molecule has 0 saturated carbocycles. The Bertz CT molecular complexity index is 856. The first kappa shape index (κ1) is 22.2. The van der Waals surface area contributed by atoms with Crippen LogP contribution in [0.4, 0.5) is 0 Å². The number of carbonyl (C=O) groups is 1. The fourth-order valence-electron chi connectivity index (χ4n) is 2.78. The zero-order valence-electron chi connectivity index (χ0n) is 17.5. The monoisotopic (exact) mass is 397 g/mol. The lowest BCUT2D eigenvalue weighted by molar-refractivity contribution is 0.0827. The highest BCUT2D eigenvalue weighted by Crippen LogP contribution is 2.07. The van der Waals surface area contributed by atoms with Crippen LogP contribution in [0.2, 0.25) is 0 Å². The molecule has 0 aliphatic heterocycles. The molecule has 2 rings (SSSR count). The average Bonchev–Trinajstić information content (AvgIpc) is 2.72. The van der Waals surface area contributed by atoms with Crippen LogP contribution in [0.15, 0.2) is 58.4 Å². The van der Waals surface area contributed by atoms with Gasteiger partial charge in [-0.2, -0.15) is 0 Å². The van der Waals surface area contributed by atoms with Crippen LogP contribution in [-0.2, 0) is 13.1 Å². The first-order valence-corrected chi connectivity index (χ1v) is 9.99. The molecule has 0 atom stereocenters. The van der Waals surface area contributed by atoms with Gasteiger partial charge >= 0.3 is 0 Å². The molecule has 1 amide bonds. The summed E-state index contributed by atoms with van der Waals surface area (Å²) in [6, 6.07) is 12.7. The number of nitrogens with zero attached hydrogens (tertiary/aromatic N) is 3. The van der Waals surface area contributed by atoms with Gasteiger partial charge in [0.2, 0.25) is 5.56 Å². The van der Waals surface area contributed by atoms with Crippen molar-refractivity contribution in [1.29, 1.82) is 0 Å². The molecule has 0 radical (unpaired) electrons. The average molecular weight is 398 g/mol. The lowest BCUT2D eigenvalue weighted by atomic mass is 10.1. The van der Waals surface area contributed by atoms with Gasteiger partial charge in [-0.05, 0) is 43.5 Å². The number of nitrogens with one attached hydrogen (secondary N) is 2. The van der Waals surface area contributed by atoms with E-state index in [0.29, 0.717) is 18.7 Å². The van der Waals surface area contributed by atoms with Crippen molar-refractivity contribution < 1.29 is 4.79 Å². The highest BCUT2D eigenvalue weighted by Gasteiger charge is 2.07. The number of guanidine groups is 1. The zero-order chi connectivity index (χ0) is 21.1. The minimum absolute atomic E-state index is 0.00665. The Morgan fingerprint density at radius 2 is 1.83 bits per heavy atom. The first-order valence-electron chi connectivity index (χ1n) is 9.99. The van der Waals surface area contributed by atoms with Gasteiger partial charge in [0.05, 0.1) is 6.54 Å². The van der Waals surface area contributed by atoms with Crippen molar-refractivity contribution in [2.45, 2.75) is 32.9 Å². The van der Waals surface area contributed by atoms with E-state index in [4.69, 9.17) is 0 Å². The molecule has 2 N–H and O–H groups in total. The van der Waals surface area contributed by atoms with Crippen LogP contribution >= 0.6 is 0 Å². The van der Waals surface area contributed by atoms with Gasteiger partial charge in [0.25, 0.3) is 5.91 Å².